The Labute approximate surface area is 87.0 Å². The first-order valence-electron chi connectivity index (χ1n) is 4.37. The van der Waals surface area contributed by atoms with E-state index in [9.17, 15) is 9.59 Å². The lowest BCUT2D eigenvalue weighted by atomic mass is 10.1. The molecule has 0 aliphatic rings. The van der Waals surface area contributed by atoms with Gasteiger partial charge in [0.15, 0.2) is 6.61 Å². The number of primary amides is 1. The van der Waals surface area contributed by atoms with E-state index in [0.29, 0.717) is 11.3 Å². The lowest BCUT2D eigenvalue weighted by molar-refractivity contribution is -0.147. The molecule has 0 unspecified atom stereocenters. The molecular formula is C10H12N2O3. The van der Waals surface area contributed by atoms with Crippen LogP contribution in [0.1, 0.15) is 5.56 Å². The highest BCUT2D eigenvalue weighted by atomic mass is 16.5. The number of nitrogens with two attached hydrogens (primary N) is 2. The van der Waals surface area contributed by atoms with Crippen LogP contribution in [0.15, 0.2) is 24.3 Å². The molecule has 0 saturated carbocycles. The van der Waals surface area contributed by atoms with Gasteiger partial charge in [-0.3, -0.25) is 9.59 Å². The molecule has 0 aliphatic heterocycles. The number of amides is 1. The SMILES string of the molecule is NC(=O)COC(=O)Cc1ccccc1N. The number of anilines is 1. The van der Waals surface area contributed by atoms with Gasteiger partial charge in [-0.15, -0.1) is 0 Å². The van der Waals surface area contributed by atoms with Crippen LogP contribution in [0.3, 0.4) is 0 Å². The normalized spacial score (nSPS) is 9.60. The van der Waals surface area contributed by atoms with Crippen molar-refractivity contribution in [3.8, 4) is 0 Å². The van der Waals surface area contributed by atoms with Crippen molar-refractivity contribution in [2.24, 2.45) is 5.73 Å². The fourth-order valence-corrected chi connectivity index (χ4v) is 1.05. The lowest BCUT2D eigenvalue weighted by Crippen LogP contribution is -2.21. The average Bonchev–Trinajstić information content (AvgIpc) is 2.18. The number of ether oxygens (including phenoxy) is 1. The van der Waals surface area contributed by atoms with Crippen LogP contribution in [-0.2, 0) is 20.7 Å². The Kier molecular flexibility index (Phi) is 3.68. The van der Waals surface area contributed by atoms with Gasteiger partial charge in [-0.05, 0) is 11.6 Å². The van der Waals surface area contributed by atoms with Gasteiger partial charge in [0.25, 0.3) is 5.91 Å². The van der Waals surface area contributed by atoms with Crippen molar-refractivity contribution in [3.63, 3.8) is 0 Å². The van der Waals surface area contributed by atoms with E-state index in [4.69, 9.17) is 11.5 Å². The zero-order chi connectivity index (χ0) is 11.3. The van der Waals surface area contributed by atoms with Crippen LogP contribution in [0, 0.1) is 0 Å². The molecule has 1 rings (SSSR count). The zero-order valence-electron chi connectivity index (χ0n) is 8.10. The van der Waals surface area contributed by atoms with E-state index in [1.807, 2.05) is 0 Å². The number of carbonyl (C=O) groups excluding carboxylic acids is 2. The third kappa shape index (κ3) is 3.68. The van der Waals surface area contributed by atoms with Crippen LogP contribution < -0.4 is 11.5 Å². The fraction of sp³-hybridized carbons (Fsp3) is 0.200. The molecule has 0 fully saturated rings. The third-order valence-electron chi connectivity index (χ3n) is 1.77. The van der Waals surface area contributed by atoms with Gasteiger partial charge in [-0.1, -0.05) is 18.2 Å². The van der Waals surface area contributed by atoms with Crippen molar-refractivity contribution in [2.75, 3.05) is 12.3 Å². The van der Waals surface area contributed by atoms with Crippen molar-refractivity contribution in [3.05, 3.63) is 29.8 Å². The monoisotopic (exact) mass is 208 g/mol. The molecular weight excluding hydrogens is 196 g/mol. The molecule has 0 aromatic heterocycles. The maximum absolute atomic E-state index is 11.2. The number of hydrogen-bond acceptors (Lipinski definition) is 4. The number of nitrogen functional groups attached to an aromatic ring is 1. The Morgan fingerprint density at radius 2 is 1.93 bits per heavy atom. The van der Waals surface area contributed by atoms with E-state index in [1.54, 1.807) is 24.3 Å². The maximum Gasteiger partial charge on any atom is 0.310 e. The second-order valence-electron chi connectivity index (χ2n) is 3.00. The van der Waals surface area contributed by atoms with Gasteiger partial charge in [0.05, 0.1) is 6.42 Å². The summed E-state index contributed by atoms with van der Waals surface area (Å²) in [4.78, 5) is 21.5. The number of esters is 1. The maximum atomic E-state index is 11.2. The predicted octanol–water partition coefficient (Wildman–Crippen LogP) is -0.160. The Morgan fingerprint density at radius 1 is 1.27 bits per heavy atom. The fourth-order valence-electron chi connectivity index (χ4n) is 1.05. The molecule has 80 valence electrons. The summed E-state index contributed by atoms with van der Waals surface area (Å²) in [5.41, 5.74) is 11.6. The Hall–Kier alpha value is -2.04. The Morgan fingerprint density at radius 3 is 2.53 bits per heavy atom. The molecule has 15 heavy (non-hydrogen) atoms. The van der Waals surface area contributed by atoms with Crippen molar-refractivity contribution in [2.45, 2.75) is 6.42 Å². The first-order chi connectivity index (χ1) is 7.09. The van der Waals surface area contributed by atoms with Gasteiger partial charge in [0.2, 0.25) is 0 Å². The topological polar surface area (TPSA) is 95.4 Å². The van der Waals surface area contributed by atoms with Gasteiger partial charge in [-0.25, -0.2) is 0 Å². The van der Waals surface area contributed by atoms with Crippen molar-refractivity contribution < 1.29 is 14.3 Å². The third-order valence-corrected chi connectivity index (χ3v) is 1.77. The van der Waals surface area contributed by atoms with E-state index in [1.165, 1.54) is 0 Å². The first kappa shape index (κ1) is 11.0. The molecule has 5 nitrogen and oxygen atoms in total. The number of hydrogen-bond donors (Lipinski definition) is 2. The first-order valence-corrected chi connectivity index (χ1v) is 4.37. The summed E-state index contributed by atoms with van der Waals surface area (Å²) in [6, 6.07) is 6.96. The second-order valence-corrected chi connectivity index (χ2v) is 3.00. The highest BCUT2D eigenvalue weighted by Gasteiger charge is 2.08. The zero-order valence-corrected chi connectivity index (χ0v) is 8.10. The molecule has 1 amide bonds. The summed E-state index contributed by atoms with van der Waals surface area (Å²) in [6.45, 7) is -0.397. The van der Waals surface area contributed by atoms with Gasteiger partial charge >= 0.3 is 5.97 Å². The molecule has 1 aromatic rings. The summed E-state index contributed by atoms with van der Waals surface area (Å²) in [6.07, 6.45) is 0.0416. The molecule has 1 aromatic carbocycles. The number of benzene rings is 1. The van der Waals surface area contributed by atoms with Gasteiger partial charge in [0, 0.05) is 5.69 Å². The predicted molar refractivity (Wildman–Crippen MR) is 54.7 cm³/mol. The summed E-state index contributed by atoms with van der Waals surface area (Å²) in [5.74, 6) is -1.20. The second kappa shape index (κ2) is 4.99. The minimum absolute atomic E-state index is 0.0416. The number of para-hydroxylation sites is 1. The highest BCUT2D eigenvalue weighted by molar-refractivity contribution is 5.80. The minimum atomic E-state index is -0.676. The Balaban J connectivity index is 2.52. The summed E-state index contributed by atoms with van der Waals surface area (Å²) in [5, 5.41) is 0. The standard InChI is InChI=1S/C10H12N2O3/c11-8-4-2-1-3-7(8)5-10(14)15-6-9(12)13/h1-4H,5-6,11H2,(H2,12,13). The van der Waals surface area contributed by atoms with Crippen molar-refractivity contribution in [1.82, 2.24) is 0 Å². The summed E-state index contributed by atoms with van der Waals surface area (Å²) in [7, 11) is 0. The van der Waals surface area contributed by atoms with E-state index in [0.717, 1.165) is 0 Å². The van der Waals surface area contributed by atoms with Crippen LogP contribution >= 0.6 is 0 Å². The van der Waals surface area contributed by atoms with Crippen LogP contribution in [0.4, 0.5) is 5.69 Å². The molecule has 0 heterocycles. The number of carbonyl (C=O) groups is 2. The van der Waals surface area contributed by atoms with Gasteiger partial charge in [0.1, 0.15) is 0 Å². The van der Waals surface area contributed by atoms with Crippen LogP contribution in [0.25, 0.3) is 0 Å². The number of rotatable bonds is 4. The van der Waals surface area contributed by atoms with Gasteiger partial charge < -0.3 is 16.2 Å². The molecule has 0 radical (unpaired) electrons. The van der Waals surface area contributed by atoms with Crippen LogP contribution in [0.2, 0.25) is 0 Å². The average molecular weight is 208 g/mol. The largest absolute Gasteiger partial charge is 0.455 e. The van der Waals surface area contributed by atoms with Crippen molar-refractivity contribution >= 4 is 17.6 Å². The molecule has 0 spiro atoms. The van der Waals surface area contributed by atoms with Gasteiger partial charge in [-0.2, -0.15) is 0 Å². The smallest absolute Gasteiger partial charge is 0.310 e. The summed E-state index contributed by atoms with van der Waals surface area (Å²) < 4.78 is 4.59. The molecule has 0 saturated heterocycles. The molecule has 5 heteroatoms. The molecule has 0 bridgehead atoms. The van der Waals surface area contributed by atoms with E-state index in [2.05, 4.69) is 4.74 Å². The van der Waals surface area contributed by atoms with Crippen molar-refractivity contribution in [1.29, 1.82) is 0 Å². The molecule has 0 atom stereocenters. The highest BCUT2D eigenvalue weighted by Crippen LogP contribution is 2.11. The minimum Gasteiger partial charge on any atom is -0.455 e. The van der Waals surface area contributed by atoms with E-state index in [-0.39, 0.29) is 6.42 Å². The quantitative estimate of drug-likeness (QED) is 0.531. The molecule has 4 N–H and O–H groups in total. The van der Waals surface area contributed by atoms with E-state index >= 15 is 0 Å². The van der Waals surface area contributed by atoms with E-state index < -0.39 is 18.5 Å². The summed E-state index contributed by atoms with van der Waals surface area (Å²) >= 11 is 0. The van der Waals surface area contributed by atoms with Crippen LogP contribution in [-0.4, -0.2) is 18.5 Å². The lowest BCUT2D eigenvalue weighted by Gasteiger charge is -2.04. The molecule has 0 aliphatic carbocycles. The van der Waals surface area contributed by atoms with Crippen LogP contribution in [0.5, 0.6) is 0 Å². The Bertz CT molecular complexity index is 377.